The van der Waals surface area contributed by atoms with Gasteiger partial charge in [-0.15, -0.1) is 0 Å². The number of carbonyl (C=O) groups excluding carboxylic acids is 2. The number of ketones is 1. The molecular formula is C24H17ClN2O4. The summed E-state index contributed by atoms with van der Waals surface area (Å²) in [5.41, 5.74) is 2.25. The van der Waals surface area contributed by atoms with Gasteiger partial charge in [0.2, 0.25) is 0 Å². The minimum Gasteiger partial charge on any atom is -0.456 e. The van der Waals surface area contributed by atoms with Gasteiger partial charge in [0, 0.05) is 23.4 Å². The third kappa shape index (κ3) is 4.39. The fourth-order valence-electron chi connectivity index (χ4n) is 3.14. The van der Waals surface area contributed by atoms with Crippen LogP contribution in [0.5, 0.6) is 0 Å². The van der Waals surface area contributed by atoms with Crippen molar-refractivity contribution < 1.29 is 14.3 Å². The Morgan fingerprint density at radius 2 is 1.71 bits per heavy atom. The zero-order valence-electron chi connectivity index (χ0n) is 16.5. The highest BCUT2D eigenvalue weighted by molar-refractivity contribution is 6.30. The fraction of sp³-hybridized carbons (Fsp3) is 0.0833. The lowest BCUT2D eigenvalue weighted by Gasteiger charge is -2.10. The monoisotopic (exact) mass is 432 g/mol. The molecule has 0 aliphatic carbocycles. The van der Waals surface area contributed by atoms with Gasteiger partial charge in [-0.05, 0) is 25.1 Å². The van der Waals surface area contributed by atoms with Crippen LogP contribution in [-0.4, -0.2) is 21.1 Å². The third-order valence-electron chi connectivity index (χ3n) is 4.73. The van der Waals surface area contributed by atoms with Crippen molar-refractivity contribution in [3.8, 4) is 0 Å². The average molecular weight is 433 g/mol. The molecule has 0 unspecified atom stereocenters. The van der Waals surface area contributed by atoms with E-state index in [1.165, 1.54) is 22.7 Å². The molecule has 0 atom stereocenters. The standard InChI is InChI=1S/C24H17ClN2O4/c1-15-6-8-16(9-7-15)23(29)19-4-2-3-5-20(19)24(30)31-14-18-12-22(28)27-13-17(25)10-11-21(27)26-18/h2-13H,14H2,1H3. The van der Waals surface area contributed by atoms with Crippen molar-refractivity contribution in [3.63, 3.8) is 0 Å². The number of carbonyl (C=O) groups is 2. The maximum absolute atomic E-state index is 12.9. The second kappa shape index (κ2) is 8.53. The van der Waals surface area contributed by atoms with E-state index in [1.54, 1.807) is 42.5 Å². The Bertz CT molecular complexity index is 1360. The molecular weight excluding hydrogens is 416 g/mol. The molecule has 6 nitrogen and oxygen atoms in total. The maximum Gasteiger partial charge on any atom is 0.339 e. The van der Waals surface area contributed by atoms with Crippen molar-refractivity contribution in [3.05, 3.63) is 116 Å². The highest BCUT2D eigenvalue weighted by Crippen LogP contribution is 2.17. The van der Waals surface area contributed by atoms with Crippen molar-refractivity contribution in [2.24, 2.45) is 0 Å². The van der Waals surface area contributed by atoms with Crippen molar-refractivity contribution in [2.45, 2.75) is 13.5 Å². The fourth-order valence-corrected chi connectivity index (χ4v) is 3.30. The molecule has 0 radical (unpaired) electrons. The summed E-state index contributed by atoms with van der Waals surface area (Å²) in [6.45, 7) is 1.72. The third-order valence-corrected chi connectivity index (χ3v) is 4.96. The number of halogens is 1. The molecule has 31 heavy (non-hydrogen) atoms. The van der Waals surface area contributed by atoms with Gasteiger partial charge in [-0.1, -0.05) is 59.6 Å². The number of benzene rings is 2. The summed E-state index contributed by atoms with van der Waals surface area (Å²) in [5.74, 6) is -0.944. The number of pyridine rings is 1. The Kier molecular flexibility index (Phi) is 5.64. The number of hydrogen-bond donors (Lipinski definition) is 0. The van der Waals surface area contributed by atoms with E-state index in [9.17, 15) is 14.4 Å². The van der Waals surface area contributed by atoms with Gasteiger partial charge in [0.25, 0.3) is 5.56 Å². The highest BCUT2D eigenvalue weighted by atomic mass is 35.5. The summed E-state index contributed by atoms with van der Waals surface area (Å²) < 4.78 is 6.67. The first-order valence-corrected chi connectivity index (χ1v) is 9.85. The van der Waals surface area contributed by atoms with Gasteiger partial charge in [0.15, 0.2) is 5.78 Å². The molecule has 0 aliphatic heterocycles. The van der Waals surface area contributed by atoms with E-state index < -0.39 is 5.97 Å². The highest BCUT2D eigenvalue weighted by Gasteiger charge is 2.19. The molecule has 2 aromatic heterocycles. The number of hydrogen-bond acceptors (Lipinski definition) is 5. The SMILES string of the molecule is Cc1ccc(C(=O)c2ccccc2C(=O)OCc2cc(=O)n3cc(Cl)ccc3n2)cc1. The number of ether oxygens (including phenoxy) is 1. The molecule has 0 spiro atoms. The predicted molar refractivity (Wildman–Crippen MR) is 117 cm³/mol. The van der Waals surface area contributed by atoms with Gasteiger partial charge < -0.3 is 4.74 Å². The van der Waals surface area contributed by atoms with Crippen LogP contribution in [-0.2, 0) is 11.3 Å². The molecule has 0 bridgehead atoms. The summed E-state index contributed by atoms with van der Waals surface area (Å²) in [7, 11) is 0. The topological polar surface area (TPSA) is 77.7 Å². The van der Waals surface area contributed by atoms with Crippen molar-refractivity contribution in [1.82, 2.24) is 9.38 Å². The number of nitrogens with zero attached hydrogens (tertiary/aromatic N) is 2. The largest absolute Gasteiger partial charge is 0.456 e. The second-order valence-corrected chi connectivity index (χ2v) is 7.41. The quantitative estimate of drug-likeness (QED) is 0.348. The Morgan fingerprint density at radius 1 is 1.00 bits per heavy atom. The van der Waals surface area contributed by atoms with E-state index in [1.807, 2.05) is 19.1 Å². The number of aromatic nitrogens is 2. The van der Waals surface area contributed by atoms with E-state index in [4.69, 9.17) is 16.3 Å². The Hall–Kier alpha value is -3.77. The summed E-state index contributed by atoms with van der Waals surface area (Å²) >= 11 is 5.91. The molecule has 0 amide bonds. The first-order chi connectivity index (χ1) is 14.9. The van der Waals surface area contributed by atoms with Crippen LogP contribution in [0.2, 0.25) is 5.02 Å². The van der Waals surface area contributed by atoms with E-state index in [-0.39, 0.29) is 29.1 Å². The van der Waals surface area contributed by atoms with Crippen molar-refractivity contribution >= 4 is 29.0 Å². The van der Waals surface area contributed by atoms with Crippen LogP contribution in [0.1, 0.15) is 37.5 Å². The summed E-state index contributed by atoms with van der Waals surface area (Å²) in [6.07, 6.45) is 1.47. The van der Waals surface area contributed by atoms with Gasteiger partial charge in [-0.25, -0.2) is 9.78 Å². The van der Waals surface area contributed by atoms with E-state index in [0.717, 1.165) is 5.56 Å². The summed E-state index contributed by atoms with van der Waals surface area (Å²) in [5, 5.41) is 0.408. The first-order valence-electron chi connectivity index (χ1n) is 9.48. The zero-order chi connectivity index (χ0) is 22.0. The number of fused-ring (bicyclic) bond motifs is 1. The Balaban J connectivity index is 1.57. The molecule has 2 aromatic carbocycles. The van der Waals surface area contributed by atoms with E-state index >= 15 is 0 Å². The van der Waals surface area contributed by atoms with Crippen LogP contribution in [0, 0.1) is 6.92 Å². The molecule has 154 valence electrons. The van der Waals surface area contributed by atoms with Gasteiger partial charge in [-0.2, -0.15) is 0 Å². The van der Waals surface area contributed by atoms with Crippen LogP contribution >= 0.6 is 11.6 Å². The molecule has 2 heterocycles. The Labute approximate surface area is 182 Å². The van der Waals surface area contributed by atoms with Gasteiger partial charge >= 0.3 is 5.97 Å². The van der Waals surface area contributed by atoms with Crippen LogP contribution in [0.4, 0.5) is 0 Å². The lowest BCUT2D eigenvalue weighted by atomic mass is 9.98. The van der Waals surface area contributed by atoms with Crippen molar-refractivity contribution in [2.75, 3.05) is 0 Å². The van der Waals surface area contributed by atoms with Gasteiger partial charge in [0.05, 0.1) is 16.3 Å². The number of esters is 1. The van der Waals surface area contributed by atoms with Gasteiger partial charge in [0.1, 0.15) is 12.3 Å². The molecule has 0 N–H and O–H groups in total. The molecule has 4 aromatic rings. The van der Waals surface area contributed by atoms with Crippen LogP contribution < -0.4 is 5.56 Å². The number of aryl methyl sites for hydroxylation is 1. The summed E-state index contributed by atoms with van der Waals surface area (Å²) in [4.78, 5) is 42.2. The average Bonchev–Trinajstić information content (AvgIpc) is 2.78. The minimum atomic E-state index is -0.672. The normalized spacial score (nSPS) is 10.8. The molecule has 0 aliphatic rings. The van der Waals surface area contributed by atoms with Gasteiger partial charge in [-0.3, -0.25) is 14.0 Å². The lowest BCUT2D eigenvalue weighted by Crippen LogP contribution is -2.17. The second-order valence-electron chi connectivity index (χ2n) is 6.98. The summed E-state index contributed by atoms with van der Waals surface area (Å²) in [6, 6.07) is 18.1. The number of rotatable bonds is 5. The predicted octanol–water partition coefficient (Wildman–Crippen LogP) is 4.24. The molecule has 0 saturated carbocycles. The van der Waals surface area contributed by atoms with Crippen LogP contribution in [0.15, 0.2) is 77.7 Å². The molecule has 7 heteroatoms. The van der Waals surface area contributed by atoms with E-state index in [2.05, 4.69) is 4.98 Å². The molecule has 0 saturated heterocycles. The minimum absolute atomic E-state index is 0.150. The van der Waals surface area contributed by atoms with E-state index in [0.29, 0.717) is 21.9 Å². The van der Waals surface area contributed by atoms with Crippen molar-refractivity contribution in [1.29, 1.82) is 0 Å². The molecule has 0 fully saturated rings. The maximum atomic E-state index is 12.9. The first kappa shape index (κ1) is 20.5. The molecule has 4 rings (SSSR count). The smallest absolute Gasteiger partial charge is 0.339 e. The Morgan fingerprint density at radius 3 is 2.45 bits per heavy atom. The van der Waals surface area contributed by atoms with Crippen LogP contribution in [0.25, 0.3) is 5.65 Å². The van der Waals surface area contributed by atoms with Crippen LogP contribution in [0.3, 0.4) is 0 Å². The lowest BCUT2D eigenvalue weighted by molar-refractivity contribution is 0.0465. The zero-order valence-corrected chi connectivity index (χ0v) is 17.3.